The van der Waals surface area contributed by atoms with E-state index in [0.717, 1.165) is 37.4 Å². The van der Waals surface area contributed by atoms with Crippen molar-refractivity contribution >= 4 is 64.5 Å². The van der Waals surface area contributed by atoms with E-state index >= 15 is 14.4 Å². The summed E-state index contributed by atoms with van der Waals surface area (Å²) in [4.78, 5) is 171. The number of aliphatic hydroxyl groups is 1. The number of ether oxygens (including phenoxy) is 2. The van der Waals surface area contributed by atoms with Crippen LogP contribution in [0.25, 0.3) is 0 Å². The summed E-state index contributed by atoms with van der Waals surface area (Å²) < 4.78 is 11.9. The summed E-state index contributed by atoms with van der Waals surface area (Å²) in [6.45, 7) is 34.4. The number of carbonyl (C=O) groups excluding carboxylic acids is 11. The van der Waals surface area contributed by atoms with Crippen LogP contribution in [0.4, 0.5) is 0 Å². The van der Waals surface area contributed by atoms with Gasteiger partial charge in [-0.05, 0) is 101 Å². The average molecular weight is 1320 g/mol. The minimum Gasteiger partial charge on any atom is -0.390 e. The highest BCUT2D eigenvalue weighted by Gasteiger charge is 2.45. The maximum atomic E-state index is 15.2. The van der Waals surface area contributed by atoms with Crippen molar-refractivity contribution in [2.45, 2.75) is 256 Å². The number of hydrogen-bond acceptors (Lipinski definition) is 15. The zero-order valence-corrected chi connectivity index (χ0v) is 61.3. The van der Waals surface area contributed by atoms with Gasteiger partial charge in [-0.1, -0.05) is 117 Å². The summed E-state index contributed by atoms with van der Waals surface area (Å²) >= 11 is 0. The molecule has 0 aromatic carbocycles. The fraction of sp³-hybridized carbons (Fsp3) is 0.845. The first-order chi connectivity index (χ1) is 43.4. The van der Waals surface area contributed by atoms with E-state index < -0.39 is 160 Å². The van der Waals surface area contributed by atoms with Crippen molar-refractivity contribution in [3.05, 3.63) is 0 Å². The van der Waals surface area contributed by atoms with Crippen molar-refractivity contribution in [2.75, 3.05) is 74.7 Å². The fourth-order valence-electron chi connectivity index (χ4n) is 13.2. The van der Waals surface area contributed by atoms with E-state index in [4.69, 9.17) is 9.47 Å². The molecule has 2 aliphatic rings. The monoisotopic (exact) mass is 1310 g/mol. The largest absolute Gasteiger partial charge is 0.390 e. The summed E-state index contributed by atoms with van der Waals surface area (Å²) in [7, 11) is 7.35. The molecule has 2 fully saturated rings. The van der Waals surface area contributed by atoms with Crippen molar-refractivity contribution in [2.24, 2.45) is 59.2 Å². The number of nitrogens with zero attached hydrogens (tertiary/aromatic N) is 6. The molecule has 0 aliphatic carbocycles. The molecule has 2 heterocycles. The lowest BCUT2D eigenvalue weighted by Crippen LogP contribution is -2.62. The lowest BCUT2D eigenvalue weighted by Gasteiger charge is -2.40. The van der Waals surface area contributed by atoms with Gasteiger partial charge in [0.05, 0.1) is 43.5 Å². The van der Waals surface area contributed by atoms with Crippen LogP contribution in [-0.2, 0) is 62.2 Å². The molecule has 7 amide bonds. The average Bonchev–Trinajstić information content (AvgIpc) is 0.830. The lowest BCUT2D eigenvalue weighted by atomic mass is 9.85. The van der Waals surface area contributed by atoms with Crippen LogP contribution in [0.2, 0.25) is 0 Å². The fourth-order valence-corrected chi connectivity index (χ4v) is 13.2. The minimum absolute atomic E-state index is 0.0737. The molecule has 3 N–H and O–H groups in total. The second-order valence-corrected chi connectivity index (χ2v) is 29.3. The molecule has 14 atom stereocenters. The van der Waals surface area contributed by atoms with Crippen LogP contribution in [-0.4, -0.2) is 228 Å². The second kappa shape index (κ2) is 40.4. The van der Waals surface area contributed by atoms with Gasteiger partial charge in [-0.25, -0.2) is 0 Å². The van der Waals surface area contributed by atoms with Crippen LogP contribution >= 0.6 is 0 Å². The molecule has 0 unspecified atom stereocenters. The maximum Gasteiger partial charge on any atom is 0.246 e. The van der Waals surface area contributed by atoms with Crippen LogP contribution < -0.4 is 10.6 Å². The Labute approximate surface area is 559 Å². The van der Waals surface area contributed by atoms with E-state index in [1.807, 2.05) is 48.5 Å². The van der Waals surface area contributed by atoms with Crippen molar-refractivity contribution in [3.63, 3.8) is 0 Å². The lowest BCUT2D eigenvalue weighted by molar-refractivity contribution is -0.155. The van der Waals surface area contributed by atoms with Crippen LogP contribution in [0.3, 0.4) is 0 Å². The minimum atomic E-state index is -1.55. The van der Waals surface area contributed by atoms with Gasteiger partial charge in [0.15, 0.2) is 23.1 Å². The van der Waals surface area contributed by atoms with E-state index in [-0.39, 0.29) is 75.7 Å². The van der Waals surface area contributed by atoms with E-state index in [9.17, 15) is 43.5 Å². The zero-order chi connectivity index (χ0) is 71.0. The SMILES string of the molecule is CCCC[C@@H](C)[C@@H](O)[C@H]1C(=O)N[C@@H](CC)C(=O)C[C@H](C)C(=O)N(C)[C@@H]([C@@H](C)OCCCCN2CCOCC2)C(=O)C[C@@H](C(C)C)C(=O)N(C)[C@@H](CC(C)C)C(=O)C[C@@H](C)C(=O)N[C@H](C)C(=O)N(C)[C@@H](CC(C)C)C(=O)C[C@@H](CC(C)C)C(=O)N(C)[C@@H](C(C)C)C(=O)N1C. The molecule has 22 nitrogen and oxygen atoms in total. The number of hydrogen-bond donors (Lipinski definition) is 3. The molecular weight excluding hydrogens is 1190 g/mol. The van der Waals surface area contributed by atoms with Crippen LogP contribution in [0.1, 0.15) is 201 Å². The Bertz CT molecular complexity index is 2450. The number of carbonyl (C=O) groups is 11. The van der Waals surface area contributed by atoms with Gasteiger partial charge in [-0.2, -0.15) is 0 Å². The first-order valence-corrected chi connectivity index (χ1v) is 35.0. The summed E-state index contributed by atoms with van der Waals surface area (Å²) in [6.07, 6.45) is 0.650. The smallest absolute Gasteiger partial charge is 0.246 e. The Kier molecular flexibility index (Phi) is 36.4. The Hall–Kier alpha value is -5.19. The highest BCUT2D eigenvalue weighted by atomic mass is 16.5. The normalized spacial score (nSPS) is 27.9. The Morgan fingerprint density at radius 2 is 1.03 bits per heavy atom. The molecule has 0 bridgehead atoms. The molecule has 2 rings (SSSR count). The highest BCUT2D eigenvalue weighted by Crippen LogP contribution is 2.30. The van der Waals surface area contributed by atoms with Gasteiger partial charge in [-0.15, -0.1) is 0 Å². The van der Waals surface area contributed by atoms with Gasteiger partial charge in [0, 0.05) is 104 Å². The molecular formula is C71H126N8O14. The Morgan fingerprint density at radius 1 is 0.516 bits per heavy atom. The van der Waals surface area contributed by atoms with Gasteiger partial charge in [0.1, 0.15) is 24.2 Å². The number of amides is 7. The zero-order valence-electron chi connectivity index (χ0n) is 61.3. The van der Waals surface area contributed by atoms with E-state index in [2.05, 4.69) is 15.5 Å². The molecule has 0 spiro atoms. The second-order valence-electron chi connectivity index (χ2n) is 29.3. The number of rotatable bonds is 21. The van der Waals surface area contributed by atoms with Crippen molar-refractivity contribution in [1.29, 1.82) is 0 Å². The van der Waals surface area contributed by atoms with Gasteiger partial charge in [0.2, 0.25) is 41.4 Å². The molecule has 534 valence electrons. The number of morpholine rings is 1. The molecule has 0 aromatic rings. The molecule has 0 aromatic heterocycles. The topological polar surface area (TPSA) is 270 Å². The predicted molar refractivity (Wildman–Crippen MR) is 361 cm³/mol. The molecule has 0 saturated carbocycles. The van der Waals surface area contributed by atoms with Gasteiger partial charge >= 0.3 is 0 Å². The summed E-state index contributed by atoms with van der Waals surface area (Å²) in [5, 5.41) is 17.8. The molecule has 2 saturated heterocycles. The van der Waals surface area contributed by atoms with Crippen molar-refractivity contribution in [3.8, 4) is 0 Å². The van der Waals surface area contributed by atoms with Crippen molar-refractivity contribution in [1.82, 2.24) is 40.0 Å². The first-order valence-electron chi connectivity index (χ1n) is 35.0. The third kappa shape index (κ3) is 25.4. The van der Waals surface area contributed by atoms with Crippen LogP contribution in [0.5, 0.6) is 0 Å². The summed E-state index contributed by atoms with van der Waals surface area (Å²) in [6, 6.07) is -8.34. The highest BCUT2D eigenvalue weighted by molar-refractivity contribution is 6.00. The number of ketones is 4. The summed E-state index contributed by atoms with van der Waals surface area (Å²) in [5.41, 5.74) is 0. The van der Waals surface area contributed by atoms with Gasteiger partial charge in [0.25, 0.3) is 0 Å². The number of Topliss-reactive ketones (excluding diaryl/α,β-unsaturated/α-hetero) is 4. The number of nitrogens with one attached hydrogen (secondary N) is 2. The molecule has 2 aliphatic heterocycles. The number of likely N-dealkylation sites (N-methyl/N-ethyl adjacent to an activating group) is 5. The Balaban J connectivity index is 2.93. The molecule has 0 radical (unpaired) electrons. The standard InChI is InChI=1S/C71H126N8O14/c1-23-25-28-47(13)64(84)63-66(86)73-54(24-2)57(80)39-49(15)67(87)77(21)62(51(17)93-32-27-26-29-79-30-33-92-34-31-79)60(83)41-53(45(9)10)70(90)75(19)55(36-43(5)6)58(81)38-48(14)65(85)72-50(16)68(88)74(18)56(37-44(7)8)59(82)40-52(35-42(3)4)69(89)76(20)61(46(11)12)71(91)78(63)22/h42-56,61-64,84H,23-41H2,1-22H3,(H,72,85)(H,73,86)/t47-,48-,49+,50-,51-,52-,53+,54+,55+,56+,61+,62+,63+,64-/m1/s1. The molecule has 22 heteroatoms. The van der Waals surface area contributed by atoms with Crippen LogP contribution in [0.15, 0.2) is 0 Å². The molecule has 93 heavy (non-hydrogen) atoms. The van der Waals surface area contributed by atoms with E-state index in [0.29, 0.717) is 32.5 Å². The summed E-state index contributed by atoms with van der Waals surface area (Å²) in [5.74, 6) is -11.7. The van der Waals surface area contributed by atoms with Gasteiger partial charge in [-0.3, -0.25) is 57.6 Å². The first kappa shape index (κ1) is 83.9. The Morgan fingerprint density at radius 3 is 1.55 bits per heavy atom. The predicted octanol–water partition coefficient (Wildman–Crippen LogP) is 7.03. The van der Waals surface area contributed by atoms with E-state index in [1.165, 1.54) is 61.8 Å². The quantitative estimate of drug-likeness (QED) is 0.0974. The van der Waals surface area contributed by atoms with Crippen LogP contribution in [0, 0.1) is 59.2 Å². The number of aliphatic hydroxyl groups excluding tert-OH is 1. The maximum absolute atomic E-state index is 15.2. The van der Waals surface area contributed by atoms with E-state index in [1.54, 1.807) is 62.3 Å². The van der Waals surface area contributed by atoms with Gasteiger partial charge < -0.3 is 49.7 Å². The number of unbranched alkanes of at least 4 members (excludes halogenated alkanes) is 2. The third-order valence-corrected chi connectivity index (χ3v) is 19.1. The van der Waals surface area contributed by atoms with Crippen molar-refractivity contribution < 1.29 is 67.3 Å². The third-order valence-electron chi connectivity index (χ3n) is 19.1.